The summed E-state index contributed by atoms with van der Waals surface area (Å²) < 4.78 is 5.39. The van der Waals surface area contributed by atoms with Gasteiger partial charge in [-0.1, -0.05) is 11.6 Å². The molecule has 0 fully saturated rings. The lowest BCUT2D eigenvalue weighted by Crippen LogP contribution is -2.29. The van der Waals surface area contributed by atoms with Crippen LogP contribution in [0.1, 0.15) is 36.3 Å². The highest BCUT2D eigenvalue weighted by molar-refractivity contribution is 6.01. The summed E-state index contributed by atoms with van der Waals surface area (Å²) in [5.74, 6) is 0.400. The largest absolute Gasteiger partial charge is 0.463 e. The highest BCUT2D eigenvalue weighted by atomic mass is 16.3. The number of aromatic amines is 1. The zero-order valence-corrected chi connectivity index (χ0v) is 13.9. The molecule has 1 amide bonds. The Morgan fingerprint density at radius 3 is 2.88 bits per heavy atom. The van der Waals surface area contributed by atoms with Gasteiger partial charge >= 0.3 is 0 Å². The number of amides is 1. The van der Waals surface area contributed by atoms with E-state index in [0.717, 1.165) is 16.5 Å². The Labute approximate surface area is 143 Å². The molecule has 1 atom stereocenters. The second-order valence-corrected chi connectivity index (χ2v) is 6.25. The smallest absolute Gasteiger partial charge is 0.253 e. The minimum Gasteiger partial charge on any atom is -0.463 e. The lowest BCUT2D eigenvalue weighted by atomic mass is 10.00. The zero-order chi connectivity index (χ0) is 17.6. The SMILES string of the molecule is CC(=O)N1N=C(c2ccco2)C[C@@H]1c1cc2cc(C)ccc2[nH]c1=O. The van der Waals surface area contributed by atoms with E-state index in [9.17, 15) is 9.59 Å². The van der Waals surface area contributed by atoms with Crippen molar-refractivity contribution in [2.45, 2.75) is 26.3 Å². The molecule has 6 nitrogen and oxygen atoms in total. The number of aryl methyl sites for hydroxylation is 1. The molecular weight excluding hydrogens is 318 g/mol. The maximum absolute atomic E-state index is 12.6. The topological polar surface area (TPSA) is 78.7 Å². The molecule has 0 saturated carbocycles. The highest BCUT2D eigenvalue weighted by Crippen LogP contribution is 2.32. The van der Waals surface area contributed by atoms with Crippen LogP contribution in [-0.4, -0.2) is 21.6 Å². The third kappa shape index (κ3) is 2.65. The zero-order valence-electron chi connectivity index (χ0n) is 13.9. The summed E-state index contributed by atoms with van der Waals surface area (Å²) in [6, 6.07) is 10.8. The van der Waals surface area contributed by atoms with Crippen LogP contribution < -0.4 is 5.56 Å². The minimum atomic E-state index is -0.439. The number of pyridine rings is 1. The summed E-state index contributed by atoms with van der Waals surface area (Å²) in [5.41, 5.74) is 2.86. The van der Waals surface area contributed by atoms with Gasteiger partial charge in [-0.2, -0.15) is 5.10 Å². The van der Waals surface area contributed by atoms with E-state index in [-0.39, 0.29) is 11.5 Å². The molecule has 3 heterocycles. The molecule has 0 spiro atoms. The van der Waals surface area contributed by atoms with E-state index in [1.54, 1.807) is 18.4 Å². The highest BCUT2D eigenvalue weighted by Gasteiger charge is 2.34. The van der Waals surface area contributed by atoms with Gasteiger partial charge in [0.15, 0.2) is 0 Å². The van der Waals surface area contributed by atoms with Crippen LogP contribution in [0.4, 0.5) is 0 Å². The number of hydrogen-bond donors (Lipinski definition) is 1. The predicted molar refractivity (Wildman–Crippen MR) is 94.4 cm³/mol. The van der Waals surface area contributed by atoms with Crippen LogP contribution in [0.2, 0.25) is 0 Å². The first kappa shape index (κ1) is 15.4. The number of fused-ring (bicyclic) bond motifs is 1. The number of nitrogens with one attached hydrogen (secondary N) is 1. The van der Waals surface area contributed by atoms with Crippen LogP contribution in [-0.2, 0) is 4.79 Å². The Morgan fingerprint density at radius 2 is 2.16 bits per heavy atom. The molecule has 0 unspecified atom stereocenters. The molecule has 1 aliphatic rings. The molecule has 2 aromatic heterocycles. The summed E-state index contributed by atoms with van der Waals surface area (Å²) in [4.78, 5) is 27.6. The minimum absolute atomic E-state index is 0.205. The fourth-order valence-electron chi connectivity index (χ4n) is 3.22. The molecule has 1 aliphatic heterocycles. The summed E-state index contributed by atoms with van der Waals surface area (Å²) in [6.07, 6.45) is 2.00. The van der Waals surface area contributed by atoms with Crippen LogP contribution in [0.3, 0.4) is 0 Å². The molecule has 25 heavy (non-hydrogen) atoms. The summed E-state index contributed by atoms with van der Waals surface area (Å²) >= 11 is 0. The number of nitrogens with zero attached hydrogens (tertiary/aromatic N) is 2. The van der Waals surface area contributed by atoms with Crippen LogP contribution >= 0.6 is 0 Å². The van der Waals surface area contributed by atoms with Crippen LogP contribution in [0.25, 0.3) is 10.9 Å². The number of rotatable bonds is 2. The van der Waals surface area contributed by atoms with Crippen molar-refractivity contribution in [3.8, 4) is 0 Å². The van der Waals surface area contributed by atoms with Gasteiger partial charge in [0.1, 0.15) is 11.5 Å². The lowest BCUT2D eigenvalue weighted by molar-refractivity contribution is -0.130. The first-order valence-electron chi connectivity index (χ1n) is 8.07. The molecular formula is C19H17N3O3. The van der Waals surface area contributed by atoms with Crippen molar-refractivity contribution >= 4 is 22.5 Å². The van der Waals surface area contributed by atoms with E-state index in [4.69, 9.17) is 4.42 Å². The molecule has 4 rings (SSSR count). The van der Waals surface area contributed by atoms with Gasteiger partial charge < -0.3 is 9.40 Å². The van der Waals surface area contributed by atoms with E-state index in [0.29, 0.717) is 23.5 Å². The van der Waals surface area contributed by atoms with E-state index in [2.05, 4.69) is 10.1 Å². The summed E-state index contributed by atoms with van der Waals surface area (Å²) in [6.45, 7) is 3.45. The molecule has 126 valence electrons. The van der Waals surface area contributed by atoms with Gasteiger partial charge in [-0.25, -0.2) is 5.01 Å². The average Bonchev–Trinajstić information content (AvgIpc) is 3.23. The number of hydrogen-bond acceptors (Lipinski definition) is 4. The van der Waals surface area contributed by atoms with Gasteiger partial charge in [0, 0.05) is 24.4 Å². The van der Waals surface area contributed by atoms with Crippen molar-refractivity contribution in [3.05, 3.63) is 69.9 Å². The monoisotopic (exact) mass is 335 g/mol. The normalized spacial score (nSPS) is 17.1. The van der Waals surface area contributed by atoms with Crippen LogP contribution in [0.15, 0.2) is 57.0 Å². The van der Waals surface area contributed by atoms with Crippen molar-refractivity contribution in [1.29, 1.82) is 0 Å². The van der Waals surface area contributed by atoms with Gasteiger partial charge in [-0.05, 0) is 42.6 Å². The predicted octanol–water partition coefficient (Wildman–Crippen LogP) is 3.13. The van der Waals surface area contributed by atoms with Crippen molar-refractivity contribution in [2.24, 2.45) is 5.10 Å². The van der Waals surface area contributed by atoms with Gasteiger partial charge in [0.05, 0.1) is 12.3 Å². The number of carbonyl (C=O) groups is 1. The molecule has 0 radical (unpaired) electrons. The van der Waals surface area contributed by atoms with E-state index in [1.807, 2.05) is 31.2 Å². The average molecular weight is 335 g/mol. The van der Waals surface area contributed by atoms with Crippen LogP contribution in [0, 0.1) is 6.92 Å². The van der Waals surface area contributed by atoms with Crippen molar-refractivity contribution in [2.75, 3.05) is 0 Å². The number of benzene rings is 1. The quantitative estimate of drug-likeness (QED) is 0.781. The Morgan fingerprint density at radius 1 is 1.32 bits per heavy atom. The maximum Gasteiger partial charge on any atom is 0.253 e. The first-order valence-corrected chi connectivity index (χ1v) is 8.07. The second kappa shape index (κ2) is 5.73. The molecule has 1 aromatic carbocycles. The summed E-state index contributed by atoms with van der Waals surface area (Å²) in [7, 11) is 0. The fourth-order valence-corrected chi connectivity index (χ4v) is 3.22. The van der Waals surface area contributed by atoms with E-state index in [1.165, 1.54) is 11.9 Å². The maximum atomic E-state index is 12.6. The van der Waals surface area contributed by atoms with Gasteiger partial charge in [-0.15, -0.1) is 0 Å². The number of carbonyl (C=O) groups excluding carboxylic acids is 1. The Hall–Kier alpha value is -3.15. The van der Waals surface area contributed by atoms with Gasteiger partial charge in [-0.3, -0.25) is 9.59 Å². The number of hydrazone groups is 1. The Kier molecular flexibility index (Phi) is 3.53. The van der Waals surface area contributed by atoms with Gasteiger partial charge in [0.25, 0.3) is 5.56 Å². The summed E-state index contributed by atoms with van der Waals surface area (Å²) in [5, 5.41) is 6.68. The molecule has 3 aromatic rings. The Balaban J connectivity index is 1.80. The molecule has 0 saturated heterocycles. The van der Waals surface area contributed by atoms with Crippen LogP contribution in [0.5, 0.6) is 0 Å². The standard InChI is InChI=1S/C19H17N3O3/c1-11-5-6-15-13(8-11)9-14(19(24)20-15)17-10-16(18-4-3-7-25-18)21-22(17)12(2)23/h3-9,17H,10H2,1-2H3,(H,20,24)/t17-/m1/s1. The molecule has 0 aliphatic carbocycles. The molecule has 1 N–H and O–H groups in total. The number of furan rings is 1. The number of aromatic nitrogens is 1. The Bertz CT molecular complexity index is 1050. The third-order valence-electron chi connectivity index (χ3n) is 4.43. The van der Waals surface area contributed by atoms with Crippen molar-refractivity contribution in [3.63, 3.8) is 0 Å². The lowest BCUT2D eigenvalue weighted by Gasteiger charge is -2.20. The van der Waals surface area contributed by atoms with E-state index >= 15 is 0 Å². The fraction of sp³-hybridized carbons (Fsp3) is 0.211. The number of H-pyrrole nitrogens is 1. The third-order valence-corrected chi connectivity index (χ3v) is 4.43. The first-order chi connectivity index (χ1) is 12.0. The van der Waals surface area contributed by atoms with Crippen molar-refractivity contribution < 1.29 is 9.21 Å². The second-order valence-electron chi connectivity index (χ2n) is 6.25. The molecule has 0 bridgehead atoms. The molecule has 6 heteroatoms. The van der Waals surface area contributed by atoms with Gasteiger partial charge in [0.2, 0.25) is 5.91 Å². The van der Waals surface area contributed by atoms with Crippen molar-refractivity contribution in [1.82, 2.24) is 9.99 Å². The van der Waals surface area contributed by atoms with E-state index < -0.39 is 6.04 Å².